The second-order valence-corrected chi connectivity index (χ2v) is 5.93. The zero-order chi connectivity index (χ0) is 15.1. The number of hydrogen-bond donors (Lipinski definition) is 0. The number of benzene rings is 2. The molecule has 2 fully saturated rings. The van der Waals surface area contributed by atoms with Crippen LogP contribution in [0.25, 0.3) is 0 Å². The molecule has 0 aliphatic carbocycles. The predicted octanol–water partition coefficient (Wildman–Crippen LogP) is 3.90. The van der Waals surface area contributed by atoms with Gasteiger partial charge in [-0.15, -0.1) is 0 Å². The molecule has 112 valence electrons. The SMILES string of the molecule is O=C1N(c2ccccc2)C(c2ccccc2Cl)N2CCCN12. The van der Waals surface area contributed by atoms with Crippen molar-refractivity contribution in [3.05, 3.63) is 65.2 Å². The highest BCUT2D eigenvalue weighted by Crippen LogP contribution is 2.42. The molecule has 0 bridgehead atoms. The molecule has 22 heavy (non-hydrogen) atoms. The van der Waals surface area contributed by atoms with Crippen molar-refractivity contribution in [2.24, 2.45) is 0 Å². The fourth-order valence-electron chi connectivity index (χ4n) is 3.28. The lowest BCUT2D eigenvalue weighted by molar-refractivity contribution is 0.0728. The van der Waals surface area contributed by atoms with Gasteiger partial charge in [-0.05, 0) is 24.6 Å². The second-order valence-electron chi connectivity index (χ2n) is 5.52. The summed E-state index contributed by atoms with van der Waals surface area (Å²) in [4.78, 5) is 14.7. The van der Waals surface area contributed by atoms with Gasteiger partial charge in [-0.1, -0.05) is 48.0 Å². The van der Waals surface area contributed by atoms with Gasteiger partial charge in [-0.3, -0.25) is 9.91 Å². The van der Waals surface area contributed by atoms with E-state index in [2.05, 4.69) is 5.01 Å². The molecule has 2 saturated heterocycles. The number of para-hydroxylation sites is 1. The molecule has 0 spiro atoms. The zero-order valence-corrected chi connectivity index (χ0v) is 12.8. The molecule has 2 aliphatic rings. The summed E-state index contributed by atoms with van der Waals surface area (Å²) in [6, 6.07) is 17.6. The normalized spacial score (nSPS) is 21.5. The molecule has 2 aliphatic heterocycles. The Balaban J connectivity index is 1.84. The summed E-state index contributed by atoms with van der Waals surface area (Å²) in [5.74, 6) is 0. The highest BCUT2D eigenvalue weighted by atomic mass is 35.5. The van der Waals surface area contributed by atoms with Crippen molar-refractivity contribution < 1.29 is 4.79 Å². The lowest BCUT2D eigenvalue weighted by atomic mass is 10.1. The molecule has 5 heteroatoms. The molecule has 0 radical (unpaired) electrons. The summed E-state index contributed by atoms with van der Waals surface area (Å²) >= 11 is 6.41. The molecule has 2 heterocycles. The Morgan fingerprint density at radius 2 is 1.68 bits per heavy atom. The van der Waals surface area contributed by atoms with Crippen molar-refractivity contribution in [2.75, 3.05) is 18.0 Å². The molecule has 4 rings (SSSR count). The van der Waals surface area contributed by atoms with E-state index < -0.39 is 0 Å². The van der Waals surface area contributed by atoms with E-state index in [1.54, 1.807) is 0 Å². The third-order valence-corrected chi connectivity index (χ3v) is 4.58. The fourth-order valence-corrected chi connectivity index (χ4v) is 3.51. The lowest BCUT2D eigenvalue weighted by Crippen LogP contribution is -2.32. The monoisotopic (exact) mass is 313 g/mol. The maximum Gasteiger partial charge on any atom is 0.340 e. The van der Waals surface area contributed by atoms with Gasteiger partial charge in [0.1, 0.15) is 6.17 Å². The Kier molecular flexibility index (Phi) is 3.28. The number of amides is 2. The number of halogens is 1. The number of urea groups is 1. The van der Waals surface area contributed by atoms with Crippen LogP contribution in [0.3, 0.4) is 0 Å². The summed E-state index contributed by atoms with van der Waals surface area (Å²) in [6.45, 7) is 1.63. The molecular weight excluding hydrogens is 298 g/mol. The van der Waals surface area contributed by atoms with Gasteiger partial charge in [0.05, 0.1) is 0 Å². The Hall–Kier alpha value is -2.04. The molecule has 2 aromatic carbocycles. The van der Waals surface area contributed by atoms with Crippen LogP contribution >= 0.6 is 11.6 Å². The average molecular weight is 314 g/mol. The van der Waals surface area contributed by atoms with E-state index in [1.165, 1.54) is 0 Å². The molecule has 0 saturated carbocycles. The summed E-state index contributed by atoms with van der Waals surface area (Å²) in [7, 11) is 0. The predicted molar refractivity (Wildman–Crippen MR) is 86.5 cm³/mol. The first kappa shape index (κ1) is 13.6. The number of anilines is 1. The molecule has 0 aromatic heterocycles. The minimum atomic E-state index is -0.175. The quantitative estimate of drug-likeness (QED) is 0.840. The Morgan fingerprint density at radius 1 is 0.955 bits per heavy atom. The van der Waals surface area contributed by atoms with Crippen LogP contribution in [0.1, 0.15) is 18.2 Å². The van der Waals surface area contributed by atoms with Crippen molar-refractivity contribution in [1.29, 1.82) is 0 Å². The lowest BCUT2D eigenvalue weighted by Gasteiger charge is -2.28. The maximum absolute atomic E-state index is 12.8. The highest BCUT2D eigenvalue weighted by Gasteiger charge is 2.48. The van der Waals surface area contributed by atoms with Gasteiger partial charge in [0.25, 0.3) is 0 Å². The Morgan fingerprint density at radius 3 is 2.45 bits per heavy atom. The molecule has 0 N–H and O–H groups in total. The van der Waals surface area contributed by atoms with Gasteiger partial charge >= 0.3 is 6.03 Å². The standard InChI is InChI=1S/C17H16ClN3O/c18-15-10-5-4-9-14(15)16-19-11-6-12-20(19)17(22)21(16)13-7-2-1-3-8-13/h1-5,7-10,16H,6,11-12H2. The van der Waals surface area contributed by atoms with Crippen molar-refractivity contribution in [3.63, 3.8) is 0 Å². The van der Waals surface area contributed by atoms with Crippen LogP contribution in [0, 0.1) is 0 Å². The van der Waals surface area contributed by atoms with E-state index in [9.17, 15) is 4.79 Å². The molecule has 1 atom stereocenters. The maximum atomic E-state index is 12.8. The van der Waals surface area contributed by atoms with Gasteiger partial charge in [-0.2, -0.15) is 5.01 Å². The number of nitrogens with zero attached hydrogens (tertiary/aromatic N) is 3. The van der Waals surface area contributed by atoms with Gasteiger partial charge in [0, 0.05) is 29.4 Å². The van der Waals surface area contributed by atoms with Crippen LogP contribution in [-0.4, -0.2) is 29.1 Å². The van der Waals surface area contributed by atoms with Crippen LogP contribution < -0.4 is 4.90 Å². The Labute approximate surface area is 134 Å². The van der Waals surface area contributed by atoms with Crippen molar-refractivity contribution in [1.82, 2.24) is 10.0 Å². The number of fused-ring (bicyclic) bond motifs is 1. The van der Waals surface area contributed by atoms with Gasteiger partial charge < -0.3 is 0 Å². The minimum Gasteiger partial charge on any atom is -0.271 e. The number of hydrazine groups is 1. The van der Waals surface area contributed by atoms with E-state index in [0.29, 0.717) is 5.02 Å². The molecule has 4 nitrogen and oxygen atoms in total. The third kappa shape index (κ3) is 1.99. The zero-order valence-electron chi connectivity index (χ0n) is 12.0. The molecule has 2 amide bonds. The van der Waals surface area contributed by atoms with Crippen molar-refractivity contribution in [2.45, 2.75) is 12.6 Å². The highest BCUT2D eigenvalue weighted by molar-refractivity contribution is 6.31. The number of hydrogen-bond acceptors (Lipinski definition) is 2. The molecular formula is C17H16ClN3O. The molecule has 2 aromatic rings. The van der Waals surface area contributed by atoms with Crippen molar-refractivity contribution in [3.8, 4) is 0 Å². The van der Waals surface area contributed by atoms with E-state index in [-0.39, 0.29) is 12.2 Å². The first-order valence-corrected chi connectivity index (χ1v) is 7.82. The average Bonchev–Trinajstić information content (AvgIpc) is 3.11. The fraction of sp³-hybridized carbons (Fsp3) is 0.235. The number of carbonyl (C=O) groups is 1. The summed E-state index contributed by atoms with van der Waals surface area (Å²) in [5.41, 5.74) is 1.86. The number of rotatable bonds is 2. The van der Waals surface area contributed by atoms with E-state index in [1.807, 2.05) is 64.5 Å². The Bertz CT molecular complexity index is 706. The largest absolute Gasteiger partial charge is 0.340 e. The topological polar surface area (TPSA) is 26.8 Å². The number of carbonyl (C=O) groups excluding carboxylic acids is 1. The van der Waals surface area contributed by atoms with Crippen LogP contribution in [0.15, 0.2) is 54.6 Å². The summed E-state index contributed by atoms with van der Waals surface area (Å²) in [5, 5.41) is 4.65. The first-order chi connectivity index (χ1) is 10.8. The van der Waals surface area contributed by atoms with E-state index >= 15 is 0 Å². The smallest absolute Gasteiger partial charge is 0.271 e. The summed E-state index contributed by atoms with van der Waals surface area (Å²) < 4.78 is 0. The van der Waals surface area contributed by atoms with Crippen LogP contribution in [0.5, 0.6) is 0 Å². The van der Waals surface area contributed by atoms with E-state index in [4.69, 9.17) is 11.6 Å². The third-order valence-electron chi connectivity index (χ3n) is 4.24. The minimum absolute atomic E-state index is 0.0219. The van der Waals surface area contributed by atoms with Gasteiger partial charge in [0.15, 0.2) is 0 Å². The van der Waals surface area contributed by atoms with Crippen LogP contribution in [0.4, 0.5) is 10.5 Å². The molecule has 1 unspecified atom stereocenters. The van der Waals surface area contributed by atoms with Gasteiger partial charge in [-0.25, -0.2) is 4.79 Å². The first-order valence-electron chi connectivity index (χ1n) is 7.44. The van der Waals surface area contributed by atoms with Crippen molar-refractivity contribution >= 4 is 23.3 Å². The summed E-state index contributed by atoms with van der Waals surface area (Å²) in [6.07, 6.45) is 0.820. The van der Waals surface area contributed by atoms with Gasteiger partial charge in [0.2, 0.25) is 0 Å². The second kappa shape index (κ2) is 5.30. The van der Waals surface area contributed by atoms with E-state index in [0.717, 1.165) is 30.8 Å². The van der Waals surface area contributed by atoms with Crippen LogP contribution in [-0.2, 0) is 0 Å². The van der Waals surface area contributed by atoms with Crippen LogP contribution in [0.2, 0.25) is 5.02 Å².